The molecular formula is C22H22N4O4S. The Bertz CT molecular complexity index is 1250. The summed E-state index contributed by atoms with van der Waals surface area (Å²) in [5.74, 6) is 0.367. The first-order chi connectivity index (χ1) is 14.9. The monoisotopic (exact) mass is 438 g/mol. The zero-order chi connectivity index (χ0) is 22.0. The quantitative estimate of drug-likeness (QED) is 0.441. The second kappa shape index (κ2) is 8.40. The van der Waals surface area contributed by atoms with Crippen molar-refractivity contribution in [1.82, 2.24) is 3.97 Å². The summed E-state index contributed by atoms with van der Waals surface area (Å²) in [6.45, 7) is 0. The molecule has 1 saturated carbocycles. The third-order valence-corrected chi connectivity index (χ3v) is 7.59. The van der Waals surface area contributed by atoms with Gasteiger partial charge in [0.1, 0.15) is 5.69 Å². The van der Waals surface area contributed by atoms with Crippen molar-refractivity contribution in [3.63, 3.8) is 0 Å². The molecule has 1 aliphatic rings. The molecule has 0 spiro atoms. The smallest absolute Gasteiger partial charge is 0.293 e. The van der Waals surface area contributed by atoms with Gasteiger partial charge in [-0.2, -0.15) is 5.26 Å². The number of rotatable bonds is 6. The van der Waals surface area contributed by atoms with Crippen LogP contribution in [-0.2, 0) is 10.0 Å². The van der Waals surface area contributed by atoms with Crippen LogP contribution in [0.3, 0.4) is 0 Å². The molecule has 0 saturated heterocycles. The van der Waals surface area contributed by atoms with E-state index in [1.54, 1.807) is 24.3 Å². The molecule has 0 bridgehead atoms. The lowest BCUT2D eigenvalue weighted by molar-refractivity contribution is -0.383. The standard InChI is InChI=1S/C22H22N4O4S/c23-14-12-16-6-8-17(9-7-16)24-22-19-13-15-25(20(19)10-11-21(22)26(27)28)31(29,30)18-4-2-1-3-5-18/h1-5,10-11,13,15-17,24H,6-9,12H2. The number of nitro benzene ring substituents is 1. The van der Waals surface area contributed by atoms with Gasteiger partial charge in [-0.25, -0.2) is 12.4 Å². The molecule has 1 aliphatic carbocycles. The van der Waals surface area contributed by atoms with Crippen LogP contribution in [0.1, 0.15) is 32.1 Å². The lowest BCUT2D eigenvalue weighted by Gasteiger charge is -2.28. The molecule has 8 nitrogen and oxygen atoms in total. The van der Waals surface area contributed by atoms with Crippen LogP contribution in [0.2, 0.25) is 0 Å². The van der Waals surface area contributed by atoms with E-state index in [9.17, 15) is 18.5 Å². The van der Waals surface area contributed by atoms with E-state index in [-0.39, 0.29) is 16.6 Å². The molecule has 1 heterocycles. The van der Waals surface area contributed by atoms with Crippen LogP contribution in [0.5, 0.6) is 0 Å². The highest BCUT2D eigenvalue weighted by Crippen LogP contribution is 2.37. The van der Waals surface area contributed by atoms with E-state index >= 15 is 0 Å². The van der Waals surface area contributed by atoms with Crippen LogP contribution in [0, 0.1) is 27.4 Å². The summed E-state index contributed by atoms with van der Waals surface area (Å²) in [7, 11) is -3.83. The van der Waals surface area contributed by atoms with Gasteiger partial charge in [-0.1, -0.05) is 18.2 Å². The van der Waals surface area contributed by atoms with Crippen molar-refractivity contribution >= 4 is 32.3 Å². The summed E-state index contributed by atoms with van der Waals surface area (Å²) in [5, 5.41) is 24.4. The lowest BCUT2D eigenvalue weighted by Crippen LogP contribution is -2.26. The fourth-order valence-electron chi connectivity index (χ4n) is 4.24. The molecule has 3 aromatic rings. The molecule has 1 aromatic heterocycles. The first kappa shape index (κ1) is 20.9. The Morgan fingerprint density at radius 1 is 1.10 bits per heavy atom. The van der Waals surface area contributed by atoms with Gasteiger partial charge >= 0.3 is 0 Å². The Morgan fingerprint density at radius 3 is 2.45 bits per heavy atom. The van der Waals surface area contributed by atoms with Gasteiger partial charge in [0.05, 0.1) is 21.4 Å². The third kappa shape index (κ3) is 3.99. The van der Waals surface area contributed by atoms with E-state index in [0.717, 1.165) is 29.7 Å². The normalized spacial score (nSPS) is 19.1. The lowest BCUT2D eigenvalue weighted by atomic mass is 9.84. The molecule has 160 valence electrons. The van der Waals surface area contributed by atoms with Crippen molar-refractivity contribution in [2.75, 3.05) is 5.32 Å². The van der Waals surface area contributed by atoms with E-state index in [4.69, 9.17) is 5.26 Å². The molecule has 1 fully saturated rings. The van der Waals surface area contributed by atoms with Crippen LogP contribution in [0.15, 0.2) is 59.6 Å². The predicted molar refractivity (Wildman–Crippen MR) is 117 cm³/mol. The van der Waals surface area contributed by atoms with Gasteiger partial charge in [0.15, 0.2) is 0 Å². The molecule has 2 aromatic carbocycles. The second-order valence-electron chi connectivity index (χ2n) is 7.80. The number of hydrogen-bond donors (Lipinski definition) is 1. The van der Waals surface area contributed by atoms with Gasteiger partial charge in [-0.05, 0) is 55.9 Å². The van der Waals surface area contributed by atoms with Crippen molar-refractivity contribution in [2.45, 2.75) is 43.0 Å². The number of nitrogens with one attached hydrogen (secondary N) is 1. The Hall–Kier alpha value is -3.38. The van der Waals surface area contributed by atoms with Crippen LogP contribution < -0.4 is 5.32 Å². The van der Waals surface area contributed by atoms with Crippen LogP contribution >= 0.6 is 0 Å². The minimum Gasteiger partial charge on any atom is -0.376 e. The summed E-state index contributed by atoms with van der Waals surface area (Å²) in [4.78, 5) is 11.4. The number of hydrogen-bond acceptors (Lipinski definition) is 6. The van der Waals surface area contributed by atoms with Crippen molar-refractivity contribution in [3.8, 4) is 6.07 Å². The molecule has 9 heteroatoms. The number of aromatic nitrogens is 1. The van der Waals surface area contributed by atoms with Gasteiger partial charge in [0.2, 0.25) is 0 Å². The van der Waals surface area contributed by atoms with Crippen LogP contribution in [0.4, 0.5) is 11.4 Å². The first-order valence-corrected chi connectivity index (χ1v) is 11.6. The van der Waals surface area contributed by atoms with Crippen molar-refractivity contribution in [2.24, 2.45) is 5.92 Å². The summed E-state index contributed by atoms with van der Waals surface area (Å²) >= 11 is 0. The average Bonchev–Trinajstić information content (AvgIpc) is 3.21. The maximum atomic E-state index is 13.1. The number of anilines is 1. The number of nitro groups is 1. The molecule has 0 unspecified atom stereocenters. The minimum absolute atomic E-state index is 0.0355. The summed E-state index contributed by atoms with van der Waals surface area (Å²) in [6.07, 6.45) is 5.36. The SMILES string of the molecule is N#CCC1CCC(Nc2c([N+](=O)[O-])ccc3c2ccn3S(=O)(=O)c2ccccc2)CC1. The Labute approximate surface area is 180 Å². The molecule has 4 rings (SSSR count). The maximum absolute atomic E-state index is 13.1. The van der Waals surface area contributed by atoms with Crippen LogP contribution in [0.25, 0.3) is 10.9 Å². The fraction of sp³-hybridized carbons (Fsp3) is 0.318. The number of benzene rings is 2. The molecular weight excluding hydrogens is 416 g/mol. The van der Waals surface area contributed by atoms with Gasteiger partial charge in [-0.3, -0.25) is 10.1 Å². The fourth-order valence-corrected chi connectivity index (χ4v) is 5.61. The van der Waals surface area contributed by atoms with Gasteiger partial charge in [-0.15, -0.1) is 0 Å². The molecule has 31 heavy (non-hydrogen) atoms. The predicted octanol–water partition coefficient (Wildman–Crippen LogP) is 4.67. The molecule has 0 radical (unpaired) electrons. The van der Waals surface area contributed by atoms with Gasteiger partial charge in [0, 0.05) is 30.1 Å². The zero-order valence-corrected chi connectivity index (χ0v) is 17.6. The third-order valence-electron chi connectivity index (χ3n) is 5.89. The van der Waals surface area contributed by atoms with E-state index in [0.29, 0.717) is 28.9 Å². The zero-order valence-electron chi connectivity index (χ0n) is 16.8. The molecule has 0 atom stereocenters. The second-order valence-corrected chi connectivity index (χ2v) is 9.62. The Morgan fingerprint density at radius 2 is 1.81 bits per heavy atom. The van der Waals surface area contributed by atoms with Crippen molar-refractivity contribution in [1.29, 1.82) is 5.26 Å². The van der Waals surface area contributed by atoms with E-state index in [2.05, 4.69) is 11.4 Å². The summed E-state index contributed by atoms with van der Waals surface area (Å²) in [6, 6.07) is 14.8. The van der Waals surface area contributed by atoms with Crippen molar-refractivity contribution in [3.05, 3.63) is 64.8 Å². The van der Waals surface area contributed by atoms with Gasteiger partial charge < -0.3 is 5.32 Å². The molecule has 0 aliphatic heterocycles. The largest absolute Gasteiger partial charge is 0.376 e. The highest BCUT2D eigenvalue weighted by Gasteiger charge is 2.27. The Balaban J connectivity index is 1.73. The van der Waals surface area contributed by atoms with Crippen molar-refractivity contribution < 1.29 is 13.3 Å². The highest BCUT2D eigenvalue weighted by molar-refractivity contribution is 7.90. The first-order valence-electron chi connectivity index (χ1n) is 10.1. The number of nitrogens with zero attached hydrogens (tertiary/aromatic N) is 3. The van der Waals surface area contributed by atoms with E-state index in [1.165, 1.54) is 30.5 Å². The number of fused-ring (bicyclic) bond motifs is 1. The molecule has 0 amide bonds. The summed E-state index contributed by atoms with van der Waals surface area (Å²) in [5.41, 5.74) is 0.643. The molecule has 1 N–H and O–H groups in total. The van der Waals surface area contributed by atoms with E-state index in [1.807, 2.05) is 0 Å². The summed E-state index contributed by atoms with van der Waals surface area (Å²) < 4.78 is 27.4. The highest BCUT2D eigenvalue weighted by atomic mass is 32.2. The maximum Gasteiger partial charge on any atom is 0.293 e. The van der Waals surface area contributed by atoms with E-state index < -0.39 is 14.9 Å². The van der Waals surface area contributed by atoms with Gasteiger partial charge in [0.25, 0.3) is 15.7 Å². The Kier molecular flexibility index (Phi) is 5.65. The average molecular weight is 439 g/mol. The number of nitriles is 1. The minimum atomic E-state index is -3.83. The topological polar surface area (TPSA) is 118 Å². The van der Waals surface area contributed by atoms with Crippen LogP contribution in [-0.4, -0.2) is 23.4 Å².